The van der Waals surface area contributed by atoms with E-state index in [0.717, 1.165) is 56.7 Å². The normalized spacial score (nSPS) is 21.0. The van der Waals surface area contributed by atoms with Gasteiger partial charge in [-0.05, 0) is 30.7 Å². The number of likely N-dealkylation sites (tertiary alicyclic amines) is 1. The van der Waals surface area contributed by atoms with Crippen LogP contribution >= 0.6 is 24.0 Å². The second kappa shape index (κ2) is 10.8. The van der Waals surface area contributed by atoms with Crippen molar-refractivity contribution < 1.29 is 9.66 Å². The summed E-state index contributed by atoms with van der Waals surface area (Å²) in [6.07, 6.45) is 3.47. The number of hydrogen-bond acceptors (Lipinski definition) is 4. The minimum absolute atomic E-state index is 0. The van der Waals surface area contributed by atoms with E-state index in [-0.39, 0.29) is 34.6 Å². The molecule has 7 nitrogen and oxygen atoms in total. The van der Waals surface area contributed by atoms with Crippen LogP contribution in [0.25, 0.3) is 0 Å². The highest BCUT2D eigenvalue weighted by Gasteiger charge is 2.21. The molecule has 27 heavy (non-hydrogen) atoms. The molecule has 1 unspecified atom stereocenters. The molecule has 2 aliphatic heterocycles. The molecular formula is C19H29IN4O3. The van der Waals surface area contributed by atoms with Crippen molar-refractivity contribution >= 4 is 35.6 Å². The van der Waals surface area contributed by atoms with Crippen LogP contribution in [0.15, 0.2) is 29.3 Å². The molecule has 2 aliphatic rings. The Hall–Kier alpha value is -1.42. The van der Waals surface area contributed by atoms with Crippen molar-refractivity contribution in [3.05, 3.63) is 39.9 Å². The van der Waals surface area contributed by atoms with Gasteiger partial charge in [-0.3, -0.25) is 10.1 Å². The third kappa shape index (κ3) is 6.60. The van der Waals surface area contributed by atoms with Gasteiger partial charge in [-0.1, -0.05) is 19.1 Å². The molecular weight excluding hydrogens is 459 g/mol. The summed E-state index contributed by atoms with van der Waals surface area (Å²) in [7, 11) is 0. The van der Waals surface area contributed by atoms with Crippen LogP contribution < -0.4 is 5.32 Å². The molecule has 3 rings (SSSR count). The van der Waals surface area contributed by atoms with Gasteiger partial charge in [-0.25, -0.2) is 4.99 Å². The van der Waals surface area contributed by atoms with Gasteiger partial charge >= 0.3 is 0 Å². The van der Waals surface area contributed by atoms with E-state index in [1.807, 2.05) is 0 Å². The summed E-state index contributed by atoms with van der Waals surface area (Å²) in [6, 6.07) is 6.64. The summed E-state index contributed by atoms with van der Waals surface area (Å²) in [5.41, 5.74) is 1.09. The lowest BCUT2D eigenvalue weighted by molar-refractivity contribution is -0.384. The Morgan fingerprint density at radius 2 is 2.00 bits per heavy atom. The predicted octanol–water partition coefficient (Wildman–Crippen LogP) is 3.43. The Morgan fingerprint density at radius 3 is 2.59 bits per heavy atom. The van der Waals surface area contributed by atoms with E-state index in [1.165, 1.54) is 25.0 Å². The lowest BCUT2D eigenvalue weighted by atomic mass is 9.99. The number of nitro groups is 1. The largest absolute Gasteiger partial charge is 0.381 e. The first-order valence-corrected chi connectivity index (χ1v) is 9.46. The zero-order chi connectivity index (χ0) is 18.4. The van der Waals surface area contributed by atoms with Gasteiger partial charge in [0.15, 0.2) is 5.96 Å². The Labute approximate surface area is 177 Å². The van der Waals surface area contributed by atoms with Crippen molar-refractivity contribution in [2.75, 3.05) is 32.8 Å². The van der Waals surface area contributed by atoms with Gasteiger partial charge in [0.25, 0.3) is 5.69 Å². The predicted molar refractivity (Wildman–Crippen MR) is 117 cm³/mol. The van der Waals surface area contributed by atoms with E-state index >= 15 is 0 Å². The first-order chi connectivity index (χ1) is 12.6. The number of hydrogen-bond donors (Lipinski definition) is 1. The van der Waals surface area contributed by atoms with Crippen molar-refractivity contribution in [1.82, 2.24) is 10.2 Å². The van der Waals surface area contributed by atoms with Gasteiger partial charge in [-0.15, -0.1) is 24.0 Å². The quantitative estimate of drug-likeness (QED) is 0.226. The minimum Gasteiger partial charge on any atom is -0.381 e. The third-order valence-electron chi connectivity index (χ3n) is 5.21. The van der Waals surface area contributed by atoms with Crippen LogP contribution in [0, 0.1) is 22.0 Å². The van der Waals surface area contributed by atoms with Gasteiger partial charge in [0.2, 0.25) is 0 Å². The molecule has 2 heterocycles. The van der Waals surface area contributed by atoms with E-state index in [4.69, 9.17) is 9.73 Å². The number of aliphatic imine (C=N–C) groups is 1. The van der Waals surface area contributed by atoms with E-state index < -0.39 is 0 Å². The summed E-state index contributed by atoms with van der Waals surface area (Å²) >= 11 is 0. The first kappa shape index (κ1) is 21.9. The van der Waals surface area contributed by atoms with Crippen LogP contribution in [-0.2, 0) is 11.3 Å². The van der Waals surface area contributed by atoms with Crippen molar-refractivity contribution in [3.8, 4) is 0 Å². The van der Waals surface area contributed by atoms with Crippen molar-refractivity contribution in [2.45, 2.75) is 32.7 Å². The number of nitrogens with one attached hydrogen (secondary N) is 1. The SMILES string of the molecule is CC1CCN(C(=NCc2ccc([N+](=O)[O-])cc2)NCC2CCOC2)CC1.I. The molecule has 150 valence electrons. The maximum atomic E-state index is 10.8. The number of piperidine rings is 1. The molecule has 8 heteroatoms. The van der Waals surface area contributed by atoms with Gasteiger partial charge in [-0.2, -0.15) is 0 Å². The van der Waals surface area contributed by atoms with Gasteiger partial charge in [0, 0.05) is 44.3 Å². The molecule has 0 amide bonds. The number of halogens is 1. The molecule has 1 atom stereocenters. The van der Waals surface area contributed by atoms with E-state index in [1.54, 1.807) is 12.1 Å². The molecule has 0 saturated carbocycles. The van der Waals surface area contributed by atoms with Gasteiger partial charge < -0.3 is 15.0 Å². The zero-order valence-electron chi connectivity index (χ0n) is 15.8. The molecule has 0 spiro atoms. The first-order valence-electron chi connectivity index (χ1n) is 9.46. The van der Waals surface area contributed by atoms with Crippen LogP contribution in [0.1, 0.15) is 31.7 Å². The van der Waals surface area contributed by atoms with E-state index in [0.29, 0.717) is 12.5 Å². The second-order valence-electron chi connectivity index (χ2n) is 7.34. The third-order valence-corrected chi connectivity index (χ3v) is 5.21. The highest BCUT2D eigenvalue weighted by Crippen LogP contribution is 2.17. The summed E-state index contributed by atoms with van der Waals surface area (Å²) in [4.78, 5) is 17.5. The molecule has 2 fully saturated rings. The number of rotatable bonds is 5. The summed E-state index contributed by atoms with van der Waals surface area (Å²) in [5, 5.41) is 14.3. The highest BCUT2D eigenvalue weighted by molar-refractivity contribution is 14.0. The zero-order valence-corrected chi connectivity index (χ0v) is 18.1. The Kier molecular flexibility index (Phi) is 8.75. The fraction of sp³-hybridized carbons (Fsp3) is 0.632. The van der Waals surface area contributed by atoms with E-state index in [9.17, 15) is 10.1 Å². The average Bonchev–Trinajstić information content (AvgIpc) is 3.17. The Bertz CT molecular complexity index is 624. The number of benzene rings is 1. The van der Waals surface area contributed by atoms with Crippen molar-refractivity contribution in [2.24, 2.45) is 16.8 Å². The molecule has 0 bridgehead atoms. The number of nitrogens with zero attached hydrogens (tertiary/aromatic N) is 3. The maximum absolute atomic E-state index is 10.8. The highest BCUT2D eigenvalue weighted by atomic mass is 127. The fourth-order valence-corrected chi connectivity index (χ4v) is 3.36. The molecule has 2 saturated heterocycles. The summed E-state index contributed by atoms with van der Waals surface area (Å²) in [5.74, 6) is 2.26. The monoisotopic (exact) mass is 488 g/mol. The van der Waals surface area contributed by atoms with Crippen LogP contribution in [0.3, 0.4) is 0 Å². The Balaban J connectivity index is 0.00000261. The Morgan fingerprint density at radius 1 is 1.30 bits per heavy atom. The smallest absolute Gasteiger partial charge is 0.269 e. The van der Waals surface area contributed by atoms with Crippen molar-refractivity contribution in [3.63, 3.8) is 0 Å². The van der Waals surface area contributed by atoms with Crippen LogP contribution in [0.5, 0.6) is 0 Å². The van der Waals surface area contributed by atoms with Gasteiger partial charge in [0.05, 0.1) is 18.1 Å². The average molecular weight is 488 g/mol. The molecule has 1 aromatic carbocycles. The number of guanidine groups is 1. The molecule has 0 aromatic heterocycles. The lowest BCUT2D eigenvalue weighted by Crippen LogP contribution is -2.46. The summed E-state index contributed by atoms with van der Waals surface area (Å²) < 4.78 is 5.46. The number of non-ortho nitro benzene ring substituents is 1. The standard InChI is InChI=1S/C19H28N4O3.HI/c1-15-6-9-22(10-7-15)19(21-13-17-8-11-26-14-17)20-12-16-2-4-18(5-3-16)23(24)25;/h2-5,15,17H,6-14H2,1H3,(H,20,21);1H. The second-order valence-corrected chi connectivity index (χ2v) is 7.34. The minimum atomic E-state index is -0.376. The molecule has 1 aromatic rings. The fourth-order valence-electron chi connectivity index (χ4n) is 3.36. The molecule has 0 aliphatic carbocycles. The van der Waals surface area contributed by atoms with Crippen LogP contribution in [0.4, 0.5) is 5.69 Å². The van der Waals surface area contributed by atoms with Crippen molar-refractivity contribution in [1.29, 1.82) is 0 Å². The number of ether oxygens (including phenoxy) is 1. The maximum Gasteiger partial charge on any atom is 0.269 e. The summed E-state index contributed by atoms with van der Waals surface area (Å²) in [6.45, 7) is 7.42. The van der Waals surface area contributed by atoms with Crippen LogP contribution in [0.2, 0.25) is 0 Å². The van der Waals surface area contributed by atoms with Gasteiger partial charge in [0.1, 0.15) is 0 Å². The molecule has 1 N–H and O–H groups in total. The van der Waals surface area contributed by atoms with Crippen LogP contribution in [-0.4, -0.2) is 48.6 Å². The number of nitro benzene ring substituents is 1. The lowest BCUT2D eigenvalue weighted by Gasteiger charge is -2.33. The molecule has 0 radical (unpaired) electrons. The topological polar surface area (TPSA) is 80.0 Å². The van der Waals surface area contributed by atoms with E-state index in [2.05, 4.69) is 17.1 Å².